The van der Waals surface area contributed by atoms with Crippen molar-refractivity contribution in [2.45, 2.75) is 12.5 Å². The lowest BCUT2D eigenvalue weighted by molar-refractivity contribution is 0.0373. The number of ether oxygens (including phenoxy) is 1. The van der Waals surface area contributed by atoms with Gasteiger partial charge in [0.25, 0.3) is 0 Å². The zero-order valence-electron chi connectivity index (χ0n) is 8.80. The van der Waals surface area contributed by atoms with Crippen LogP contribution in [0.3, 0.4) is 0 Å². The van der Waals surface area contributed by atoms with Gasteiger partial charge in [0.1, 0.15) is 0 Å². The maximum absolute atomic E-state index is 5.31. The molecule has 0 aromatic carbocycles. The molecule has 0 aromatic heterocycles. The third-order valence-electron chi connectivity index (χ3n) is 2.97. The summed E-state index contributed by atoms with van der Waals surface area (Å²) in [5, 5.41) is 6.80. The van der Waals surface area contributed by atoms with E-state index in [1.54, 1.807) is 0 Å². The summed E-state index contributed by atoms with van der Waals surface area (Å²) >= 11 is 0. The highest BCUT2D eigenvalue weighted by atomic mass is 16.5. The van der Waals surface area contributed by atoms with Crippen LogP contribution < -0.4 is 10.6 Å². The molecule has 0 aromatic rings. The quantitative estimate of drug-likeness (QED) is 0.572. The Kier molecular flexibility index (Phi) is 4.19. The third-order valence-corrected chi connectivity index (χ3v) is 2.97. The van der Waals surface area contributed by atoms with E-state index in [1.165, 1.54) is 13.0 Å². The molecule has 0 unspecified atom stereocenters. The van der Waals surface area contributed by atoms with E-state index in [1.807, 2.05) is 0 Å². The Labute approximate surface area is 86.0 Å². The summed E-state index contributed by atoms with van der Waals surface area (Å²) in [6.45, 7) is 8.74. The largest absolute Gasteiger partial charge is 0.379 e. The fourth-order valence-electron chi connectivity index (χ4n) is 1.87. The van der Waals surface area contributed by atoms with Crippen molar-refractivity contribution in [1.29, 1.82) is 0 Å². The van der Waals surface area contributed by atoms with Crippen LogP contribution in [0.25, 0.3) is 0 Å². The average Bonchev–Trinajstić information content (AvgIpc) is 2.16. The van der Waals surface area contributed by atoms with Crippen molar-refractivity contribution < 1.29 is 4.74 Å². The minimum atomic E-state index is 0.736. The van der Waals surface area contributed by atoms with Gasteiger partial charge in [0.15, 0.2) is 0 Å². The molecule has 2 heterocycles. The Morgan fingerprint density at radius 3 is 2.71 bits per heavy atom. The molecule has 2 N–H and O–H groups in total. The smallest absolute Gasteiger partial charge is 0.0594 e. The summed E-state index contributed by atoms with van der Waals surface area (Å²) < 4.78 is 5.31. The Morgan fingerprint density at radius 2 is 2.07 bits per heavy atom. The van der Waals surface area contributed by atoms with E-state index in [2.05, 4.69) is 15.5 Å². The van der Waals surface area contributed by atoms with Gasteiger partial charge in [0, 0.05) is 32.2 Å². The number of nitrogens with one attached hydrogen (secondary N) is 2. The van der Waals surface area contributed by atoms with Crippen LogP contribution in [0.15, 0.2) is 0 Å². The van der Waals surface area contributed by atoms with Crippen LogP contribution >= 0.6 is 0 Å². The maximum atomic E-state index is 5.31. The molecular formula is C10H21N3O. The standard InChI is InChI=1S/C10H21N3O/c1(2-12-10-8-11-9-10)3-13-4-6-14-7-5-13/h10-12H,1-9H2. The first kappa shape index (κ1) is 10.4. The van der Waals surface area contributed by atoms with Gasteiger partial charge in [-0.2, -0.15) is 0 Å². The number of nitrogens with zero attached hydrogens (tertiary/aromatic N) is 1. The summed E-state index contributed by atoms with van der Waals surface area (Å²) in [4.78, 5) is 2.49. The van der Waals surface area contributed by atoms with Crippen LogP contribution in [-0.2, 0) is 4.74 Å². The second-order valence-corrected chi connectivity index (χ2v) is 4.12. The molecule has 0 radical (unpaired) electrons. The van der Waals surface area contributed by atoms with Gasteiger partial charge >= 0.3 is 0 Å². The zero-order valence-corrected chi connectivity index (χ0v) is 8.80. The second kappa shape index (κ2) is 5.66. The Balaban J connectivity index is 1.45. The fraction of sp³-hybridized carbons (Fsp3) is 1.00. The first-order valence-electron chi connectivity index (χ1n) is 5.69. The van der Waals surface area contributed by atoms with Crippen LogP contribution in [0, 0.1) is 0 Å². The van der Waals surface area contributed by atoms with Crippen molar-refractivity contribution in [2.75, 3.05) is 52.5 Å². The van der Waals surface area contributed by atoms with Crippen LogP contribution in [0.1, 0.15) is 6.42 Å². The Hall–Kier alpha value is -0.160. The molecule has 2 aliphatic heterocycles. The van der Waals surface area contributed by atoms with Crippen LogP contribution in [-0.4, -0.2) is 63.4 Å². The van der Waals surface area contributed by atoms with Crippen LogP contribution in [0.5, 0.6) is 0 Å². The van der Waals surface area contributed by atoms with E-state index >= 15 is 0 Å². The number of rotatable bonds is 5. The molecule has 0 saturated carbocycles. The molecule has 14 heavy (non-hydrogen) atoms. The summed E-state index contributed by atoms with van der Waals surface area (Å²) in [6, 6.07) is 0.736. The van der Waals surface area contributed by atoms with Gasteiger partial charge in [0.2, 0.25) is 0 Å². The lowest BCUT2D eigenvalue weighted by atomic mass is 10.2. The highest BCUT2D eigenvalue weighted by Crippen LogP contribution is 1.98. The SMILES string of the molecule is C(CNC1CNC1)CN1CCOCC1. The van der Waals surface area contributed by atoms with Gasteiger partial charge in [0.05, 0.1) is 13.2 Å². The predicted molar refractivity (Wildman–Crippen MR) is 56.5 cm³/mol. The molecular weight excluding hydrogens is 178 g/mol. The summed E-state index contributed by atoms with van der Waals surface area (Å²) in [5.74, 6) is 0. The second-order valence-electron chi connectivity index (χ2n) is 4.12. The van der Waals surface area contributed by atoms with E-state index in [9.17, 15) is 0 Å². The Morgan fingerprint density at radius 1 is 1.29 bits per heavy atom. The third kappa shape index (κ3) is 3.20. The number of hydrogen-bond donors (Lipinski definition) is 2. The van der Waals surface area contributed by atoms with E-state index in [0.29, 0.717) is 0 Å². The van der Waals surface area contributed by atoms with Crippen LogP contribution in [0.4, 0.5) is 0 Å². The summed E-state index contributed by atoms with van der Waals surface area (Å²) in [7, 11) is 0. The maximum Gasteiger partial charge on any atom is 0.0594 e. The normalized spacial score (nSPS) is 24.9. The molecule has 0 aliphatic carbocycles. The molecule has 0 amide bonds. The van der Waals surface area contributed by atoms with Crippen molar-refractivity contribution >= 4 is 0 Å². The summed E-state index contributed by atoms with van der Waals surface area (Å²) in [6.07, 6.45) is 1.26. The van der Waals surface area contributed by atoms with E-state index < -0.39 is 0 Å². The van der Waals surface area contributed by atoms with E-state index in [0.717, 1.165) is 52.0 Å². The van der Waals surface area contributed by atoms with Gasteiger partial charge < -0.3 is 15.4 Å². The minimum Gasteiger partial charge on any atom is -0.379 e. The van der Waals surface area contributed by atoms with Crippen molar-refractivity contribution in [1.82, 2.24) is 15.5 Å². The van der Waals surface area contributed by atoms with E-state index in [-0.39, 0.29) is 0 Å². The van der Waals surface area contributed by atoms with Gasteiger partial charge in [-0.3, -0.25) is 4.90 Å². The molecule has 0 bridgehead atoms. The lowest BCUT2D eigenvalue weighted by Crippen LogP contribution is -2.55. The van der Waals surface area contributed by atoms with Crippen molar-refractivity contribution in [3.05, 3.63) is 0 Å². The first-order chi connectivity index (χ1) is 6.95. The molecule has 82 valence electrons. The lowest BCUT2D eigenvalue weighted by Gasteiger charge is -2.29. The van der Waals surface area contributed by atoms with Crippen molar-refractivity contribution in [3.8, 4) is 0 Å². The zero-order chi connectivity index (χ0) is 9.64. The molecule has 4 heteroatoms. The number of morpholine rings is 1. The van der Waals surface area contributed by atoms with Gasteiger partial charge in [-0.05, 0) is 19.5 Å². The molecule has 2 rings (SSSR count). The minimum absolute atomic E-state index is 0.736. The van der Waals surface area contributed by atoms with Gasteiger partial charge in [-0.15, -0.1) is 0 Å². The topological polar surface area (TPSA) is 36.5 Å². The van der Waals surface area contributed by atoms with E-state index in [4.69, 9.17) is 4.74 Å². The molecule has 4 nitrogen and oxygen atoms in total. The molecule has 2 saturated heterocycles. The highest BCUT2D eigenvalue weighted by Gasteiger charge is 2.15. The molecule has 0 spiro atoms. The molecule has 2 aliphatic rings. The van der Waals surface area contributed by atoms with Crippen molar-refractivity contribution in [3.63, 3.8) is 0 Å². The van der Waals surface area contributed by atoms with Gasteiger partial charge in [-0.1, -0.05) is 0 Å². The van der Waals surface area contributed by atoms with Crippen LogP contribution in [0.2, 0.25) is 0 Å². The van der Waals surface area contributed by atoms with Crippen molar-refractivity contribution in [2.24, 2.45) is 0 Å². The Bertz CT molecular complexity index is 155. The average molecular weight is 199 g/mol. The highest BCUT2D eigenvalue weighted by molar-refractivity contribution is 4.81. The summed E-state index contributed by atoms with van der Waals surface area (Å²) in [5.41, 5.74) is 0. The number of hydrogen-bond acceptors (Lipinski definition) is 4. The predicted octanol–water partition coefficient (Wildman–Crippen LogP) is -0.730. The molecule has 2 fully saturated rings. The fourth-order valence-corrected chi connectivity index (χ4v) is 1.87. The first-order valence-corrected chi connectivity index (χ1v) is 5.69. The monoisotopic (exact) mass is 199 g/mol. The molecule has 0 atom stereocenters. The van der Waals surface area contributed by atoms with Gasteiger partial charge in [-0.25, -0.2) is 0 Å².